The van der Waals surface area contributed by atoms with Gasteiger partial charge in [0.2, 0.25) is 0 Å². The highest BCUT2D eigenvalue weighted by molar-refractivity contribution is 8.26. The predicted octanol–water partition coefficient (Wildman–Crippen LogP) is 4.93. The predicted molar refractivity (Wildman–Crippen MR) is 134 cm³/mol. The van der Waals surface area contributed by atoms with Crippen LogP contribution in [0, 0.1) is 0 Å². The molecule has 2 aliphatic rings. The minimum absolute atomic E-state index is 0.0579. The van der Waals surface area contributed by atoms with Crippen molar-refractivity contribution in [2.24, 2.45) is 0 Å². The largest absolute Gasteiger partial charge is 0.497 e. The lowest BCUT2D eigenvalue weighted by Gasteiger charge is -2.18. The van der Waals surface area contributed by atoms with E-state index in [4.69, 9.17) is 26.8 Å². The van der Waals surface area contributed by atoms with E-state index in [1.54, 1.807) is 12.0 Å². The molecule has 3 heterocycles. The number of aromatic nitrogens is 2. The van der Waals surface area contributed by atoms with Crippen LogP contribution in [0.2, 0.25) is 0 Å². The third kappa shape index (κ3) is 4.59. The van der Waals surface area contributed by atoms with Crippen LogP contribution >= 0.6 is 24.0 Å². The monoisotopic (exact) mass is 477 g/mol. The Bertz CT molecular complexity index is 1200. The van der Waals surface area contributed by atoms with Crippen LogP contribution in [-0.2, 0) is 9.53 Å². The molecule has 33 heavy (non-hydrogen) atoms. The van der Waals surface area contributed by atoms with Crippen molar-refractivity contribution >= 4 is 40.3 Å². The number of benzene rings is 2. The first-order valence-corrected chi connectivity index (χ1v) is 12.0. The second-order valence-electron chi connectivity index (χ2n) is 7.87. The van der Waals surface area contributed by atoms with Crippen LogP contribution in [-0.4, -0.2) is 51.3 Å². The number of ether oxygens (including phenoxy) is 2. The molecule has 6 nitrogen and oxygen atoms in total. The van der Waals surface area contributed by atoms with Crippen molar-refractivity contribution in [1.82, 2.24) is 14.7 Å². The van der Waals surface area contributed by atoms with Crippen LogP contribution in [0.5, 0.6) is 5.75 Å². The zero-order valence-electron chi connectivity index (χ0n) is 18.1. The van der Waals surface area contributed by atoms with Gasteiger partial charge in [0.05, 0.1) is 36.0 Å². The lowest BCUT2D eigenvalue weighted by atomic mass is 10.1. The van der Waals surface area contributed by atoms with E-state index in [1.165, 1.54) is 11.8 Å². The molecule has 1 aromatic heterocycles. The van der Waals surface area contributed by atoms with E-state index in [1.807, 2.05) is 71.6 Å². The van der Waals surface area contributed by atoms with Crippen molar-refractivity contribution in [2.75, 3.05) is 20.3 Å². The fourth-order valence-corrected chi connectivity index (χ4v) is 5.24. The summed E-state index contributed by atoms with van der Waals surface area (Å²) in [5.74, 6) is 0.700. The Balaban J connectivity index is 1.50. The van der Waals surface area contributed by atoms with E-state index in [2.05, 4.69) is 0 Å². The summed E-state index contributed by atoms with van der Waals surface area (Å²) < 4.78 is 13.4. The van der Waals surface area contributed by atoms with Crippen LogP contribution in [0.4, 0.5) is 0 Å². The van der Waals surface area contributed by atoms with E-state index in [9.17, 15) is 4.79 Å². The van der Waals surface area contributed by atoms with Crippen molar-refractivity contribution in [1.29, 1.82) is 0 Å². The summed E-state index contributed by atoms with van der Waals surface area (Å²) in [6.07, 6.45) is 5.88. The summed E-state index contributed by atoms with van der Waals surface area (Å²) in [5, 5.41) is 4.84. The number of hydrogen-bond acceptors (Lipinski definition) is 6. The number of methoxy groups -OCH3 is 1. The summed E-state index contributed by atoms with van der Waals surface area (Å²) in [7, 11) is 1.64. The van der Waals surface area contributed by atoms with Crippen LogP contribution in [0.3, 0.4) is 0 Å². The minimum atomic E-state index is -0.0753. The van der Waals surface area contributed by atoms with Crippen molar-refractivity contribution in [3.8, 4) is 22.7 Å². The molecule has 8 heteroatoms. The van der Waals surface area contributed by atoms with Crippen molar-refractivity contribution < 1.29 is 14.3 Å². The summed E-state index contributed by atoms with van der Waals surface area (Å²) in [5.41, 5.74) is 3.51. The molecule has 2 aliphatic heterocycles. The average Bonchev–Trinajstić information content (AvgIpc) is 3.57. The lowest BCUT2D eigenvalue weighted by Crippen LogP contribution is -2.35. The molecule has 0 saturated carbocycles. The highest BCUT2D eigenvalue weighted by Crippen LogP contribution is 2.35. The van der Waals surface area contributed by atoms with E-state index in [-0.39, 0.29) is 12.0 Å². The number of carbonyl (C=O) groups excluding carboxylic acids is 1. The molecule has 168 valence electrons. The Morgan fingerprint density at radius 3 is 2.70 bits per heavy atom. The molecule has 1 atom stereocenters. The number of nitrogens with zero attached hydrogens (tertiary/aromatic N) is 3. The van der Waals surface area contributed by atoms with Gasteiger partial charge in [0.1, 0.15) is 10.1 Å². The molecule has 2 fully saturated rings. The molecule has 0 aliphatic carbocycles. The van der Waals surface area contributed by atoms with Crippen LogP contribution in [0.1, 0.15) is 18.4 Å². The molecule has 2 saturated heterocycles. The molecule has 0 unspecified atom stereocenters. The number of amides is 1. The minimum Gasteiger partial charge on any atom is -0.497 e. The number of rotatable bonds is 6. The Labute approximate surface area is 202 Å². The van der Waals surface area contributed by atoms with Crippen molar-refractivity contribution in [2.45, 2.75) is 18.9 Å². The van der Waals surface area contributed by atoms with Gasteiger partial charge in [-0.15, -0.1) is 0 Å². The summed E-state index contributed by atoms with van der Waals surface area (Å²) >= 11 is 6.85. The van der Waals surface area contributed by atoms with Gasteiger partial charge < -0.3 is 9.47 Å². The van der Waals surface area contributed by atoms with E-state index in [0.29, 0.717) is 15.8 Å². The smallest absolute Gasteiger partial charge is 0.266 e. The van der Waals surface area contributed by atoms with Crippen molar-refractivity contribution in [3.63, 3.8) is 0 Å². The first-order valence-electron chi connectivity index (χ1n) is 10.8. The zero-order chi connectivity index (χ0) is 22.8. The molecule has 5 rings (SSSR count). The van der Waals surface area contributed by atoms with E-state index >= 15 is 0 Å². The first-order chi connectivity index (χ1) is 16.1. The van der Waals surface area contributed by atoms with Gasteiger partial charge in [0, 0.05) is 23.9 Å². The number of carbonyl (C=O) groups is 1. The van der Waals surface area contributed by atoms with Gasteiger partial charge >= 0.3 is 0 Å². The third-order valence-electron chi connectivity index (χ3n) is 5.70. The summed E-state index contributed by atoms with van der Waals surface area (Å²) in [4.78, 5) is 15.4. The molecule has 1 amide bonds. The van der Waals surface area contributed by atoms with Crippen LogP contribution in [0.25, 0.3) is 23.0 Å². The maximum absolute atomic E-state index is 13.2. The second-order valence-corrected chi connectivity index (χ2v) is 9.54. The topological polar surface area (TPSA) is 56.6 Å². The van der Waals surface area contributed by atoms with Crippen LogP contribution < -0.4 is 4.74 Å². The number of thioether (sulfide) groups is 1. The lowest BCUT2D eigenvalue weighted by molar-refractivity contribution is -0.123. The van der Waals surface area contributed by atoms with Gasteiger partial charge in [-0.25, -0.2) is 4.68 Å². The molecule has 0 bridgehead atoms. The third-order valence-corrected chi connectivity index (χ3v) is 7.07. The number of hydrogen-bond donors (Lipinski definition) is 0. The van der Waals surface area contributed by atoms with Gasteiger partial charge in [0.15, 0.2) is 0 Å². The molecule has 0 radical (unpaired) electrons. The Kier molecular flexibility index (Phi) is 6.30. The fourth-order valence-electron chi connectivity index (χ4n) is 3.97. The maximum Gasteiger partial charge on any atom is 0.266 e. The molecule has 3 aromatic rings. The quantitative estimate of drug-likeness (QED) is 0.371. The highest BCUT2D eigenvalue weighted by atomic mass is 32.2. The molecule has 0 spiro atoms. The number of para-hydroxylation sites is 1. The van der Waals surface area contributed by atoms with Crippen molar-refractivity contribution in [3.05, 3.63) is 71.3 Å². The van der Waals surface area contributed by atoms with E-state index < -0.39 is 0 Å². The highest BCUT2D eigenvalue weighted by Gasteiger charge is 2.35. The average molecular weight is 478 g/mol. The summed E-state index contributed by atoms with van der Waals surface area (Å²) in [6.45, 7) is 1.26. The van der Waals surface area contributed by atoms with Crippen LogP contribution in [0.15, 0.2) is 65.7 Å². The maximum atomic E-state index is 13.2. The van der Waals surface area contributed by atoms with Gasteiger partial charge in [-0.1, -0.05) is 42.2 Å². The SMILES string of the molecule is COc1ccc(-c2nn(-c3ccccc3)cc2/C=C2\SC(=S)N(C[C@H]3CCCO3)C2=O)cc1. The normalized spacial score (nSPS) is 19.6. The Morgan fingerprint density at radius 1 is 1.21 bits per heavy atom. The molecular weight excluding hydrogens is 454 g/mol. The van der Waals surface area contributed by atoms with Gasteiger partial charge in [-0.2, -0.15) is 5.10 Å². The zero-order valence-corrected chi connectivity index (χ0v) is 19.8. The van der Waals surface area contributed by atoms with Gasteiger partial charge in [-0.3, -0.25) is 9.69 Å². The Hall–Kier alpha value is -2.94. The fraction of sp³-hybridized carbons (Fsp3) is 0.240. The first kappa shape index (κ1) is 21.9. The molecular formula is C25H23N3O3S2. The molecule has 0 N–H and O–H groups in total. The Morgan fingerprint density at radius 2 is 2.00 bits per heavy atom. The standard InChI is InChI=1S/C25H23N3O3S2/c1-30-20-11-9-17(10-12-20)23-18(15-28(26-23)19-6-3-2-4-7-19)14-22-24(29)27(25(32)33-22)16-21-8-5-13-31-21/h2-4,6-7,9-12,14-15,21H,5,8,13,16H2,1H3/b22-14-/t21-/m1/s1. The number of thiocarbonyl (C=S) groups is 1. The molecule has 2 aromatic carbocycles. The summed E-state index contributed by atoms with van der Waals surface area (Å²) in [6, 6.07) is 17.7. The van der Waals surface area contributed by atoms with Gasteiger partial charge in [-0.05, 0) is 55.3 Å². The van der Waals surface area contributed by atoms with E-state index in [0.717, 1.165) is 47.7 Å². The second kappa shape index (κ2) is 9.51. The van der Waals surface area contributed by atoms with Gasteiger partial charge in [0.25, 0.3) is 5.91 Å².